The molecule has 0 spiro atoms. The number of amides is 1. The average Bonchev–Trinajstić information content (AvgIpc) is 2.59. The average molecular weight is 327 g/mol. The van der Waals surface area contributed by atoms with E-state index in [9.17, 15) is 9.90 Å². The van der Waals surface area contributed by atoms with Gasteiger partial charge in [0.25, 0.3) is 5.91 Å². The first-order valence-electron chi connectivity index (χ1n) is 8.35. The molecule has 4 nitrogen and oxygen atoms in total. The number of benzene rings is 2. The van der Waals surface area contributed by atoms with Crippen molar-refractivity contribution in [2.45, 2.75) is 38.5 Å². The van der Waals surface area contributed by atoms with Gasteiger partial charge in [-0.05, 0) is 60.1 Å². The molecule has 128 valence electrons. The molecule has 0 aliphatic heterocycles. The highest BCUT2D eigenvalue weighted by Gasteiger charge is 2.22. The summed E-state index contributed by atoms with van der Waals surface area (Å²) in [6.45, 7) is 4.26. The molecule has 0 fully saturated rings. The number of hydrogen-bond acceptors (Lipinski definition) is 3. The minimum Gasteiger partial charge on any atom is -0.508 e. The lowest BCUT2D eigenvalue weighted by Gasteiger charge is -2.26. The minimum atomic E-state index is -0.483. The smallest absolute Gasteiger partial charge is 0.255 e. The van der Waals surface area contributed by atoms with E-state index in [-0.39, 0.29) is 12.4 Å². The lowest BCUT2D eigenvalue weighted by atomic mass is 9.78. The van der Waals surface area contributed by atoms with Gasteiger partial charge in [-0.3, -0.25) is 4.79 Å². The van der Waals surface area contributed by atoms with Crippen LogP contribution in [0.3, 0.4) is 0 Å². The largest absolute Gasteiger partial charge is 0.508 e. The van der Waals surface area contributed by atoms with Gasteiger partial charge in [0, 0.05) is 0 Å². The summed E-state index contributed by atoms with van der Waals surface area (Å²) in [5.74, 6) is 1.21. The van der Waals surface area contributed by atoms with Gasteiger partial charge in [-0.15, -0.1) is 0 Å². The first-order chi connectivity index (χ1) is 11.5. The van der Waals surface area contributed by atoms with Crippen molar-refractivity contribution in [3.8, 4) is 11.5 Å². The molecule has 0 saturated heterocycles. The molecule has 0 aliphatic carbocycles. The van der Waals surface area contributed by atoms with Crippen LogP contribution in [-0.2, 0) is 4.79 Å². The molecule has 0 aliphatic rings. The van der Waals surface area contributed by atoms with Crippen molar-refractivity contribution in [2.75, 3.05) is 6.61 Å². The second-order valence-corrected chi connectivity index (χ2v) is 5.95. The van der Waals surface area contributed by atoms with Crippen molar-refractivity contribution in [2.24, 2.45) is 5.73 Å². The van der Waals surface area contributed by atoms with Gasteiger partial charge in [-0.1, -0.05) is 38.1 Å². The topological polar surface area (TPSA) is 72.5 Å². The van der Waals surface area contributed by atoms with Crippen molar-refractivity contribution in [3.63, 3.8) is 0 Å². The van der Waals surface area contributed by atoms with E-state index in [4.69, 9.17) is 10.5 Å². The number of phenolic OH excluding ortho intramolecular Hbond substituents is 1. The number of primary amides is 1. The van der Waals surface area contributed by atoms with Crippen LogP contribution in [0, 0.1) is 0 Å². The van der Waals surface area contributed by atoms with Crippen LogP contribution in [0.15, 0.2) is 48.5 Å². The Morgan fingerprint density at radius 2 is 1.42 bits per heavy atom. The van der Waals surface area contributed by atoms with Crippen molar-refractivity contribution in [1.29, 1.82) is 0 Å². The number of hydrogen-bond donors (Lipinski definition) is 2. The Kier molecular flexibility index (Phi) is 6.24. The van der Waals surface area contributed by atoms with E-state index in [1.807, 2.05) is 36.4 Å². The Morgan fingerprint density at radius 1 is 0.958 bits per heavy atom. The van der Waals surface area contributed by atoms with Crippen LogP contribution >= 0.6 is 0 Å². The predicted molar refractivity (Wildman–Crippen MR) is 95.3 cm³/mol. The van der Waals surface area contributed by atoms with Crippen LogP contribution in [0.4, 0.5) is 0 Å². The Bertz CT molecular complexity index is 650. The Balaban J connectivity index is 2.19. The summed E-state index contributed by atoms with van der Waals surface area (Å²) in [4.78, 5) is 10.8. The molecule has 2 atom stereocenters. The monoisotopic (exact) mass is 327 g/mol. The summed E-state index contributed by atoms with van der Waals surface area (Å²) in [7, 11) is 0. The predicted octanol–water partition coefficient (Wildman–Crippen LogP) is 3.94. The number of rotatable bonds is 8. The maximum atomic E-state index is 10.8. The van der Waals surface area contributed by atoms with Gasteiger partial charge in [0.05, 0.1) is 0 Å². The molecule has 2 aromatic carbocycles. The molecular weight excluding hydrogens is 302 g/mol. The summed E-state index contributed by atoms with van der Waals surface area (Å²) in [6.07, 6.45) is 2.03. The van der Waals surface area contributed by atoms with E-state index in [1.54, 1.807) is 12.1 Å². The van der Waals surface area contributed by atoms with Gasteiger partial charge >= 0.3 is 0 Å². The van der Waals surface area contributed by atoms with Crippen LogP contribution < -0.4 is 10.5 Å². The fourth-order valence-electron chi connectivity index (χ4n) is 3.19. The third-order valence-electron chi connectivity index (χ3n) is 4.38. The van der Waals surface area contributed by atoms with Crippen LogP contribution in [0.1, 0.15) is 49.7 Å². The molecule has 3 N–H and O–H groups in total. The molecule has 2 rings (SSSR count). The molecule has 1 amide bonds. The highest BCUT2D eigenvalue weighted by molar-refractivity contribution is 5.75. The molecule has 0 heterocycles. The zero-order chi connectivity index (χ0) is 17.5. The second-order valence-electron chi connectivity index (χ2n) is 5.95. The summed E-state index contributed by atoms with van der Waals surface area (Å²) < 4.78 is 5.32. The van der Waals surface area contributed by atoms with Crippen molar-refractivity contribution >= 4 is 5.91 Å². The first kappa shape index (κ1) is 17.9. The van der Waals surface area contributed by atoms with E-state index < -0.39 is 5.91 Å². The second kappa shape index (κ2) is 8.39. The molecule has 0 radical (unpaired) electrons. The number of aromatic hydroxyl groups is 1. The van der Waals surface area contributed by atoms with Crippen molar-refractivity contribution < 1.29 is 14.6 Å². The molecule has 0 unspecified atom stereocenters. The van der Waals surface area contributed by atoms with E-state index in [2.05, 4.69) is 13.8 Å². The van der Waals surface area contributed by atoms with E-state index >= 15 is 0 Å². The normalized spacial score (nSPS) is 13.2. The van der Waals surface area contributed by atoms with Crippen LogP contribution in [0.2, 0.25) is 0 Å². The van der Waals surface area contributed by atoms with Gasteiger partial charge in [-0.2, -0.15) is 0 Å². The minimum absolute atomic E-state index is 0.109. The fourth-order valence-corrected chi connectivity index (χ4v) is 3.19. The van der Waals surface area contributed by atoms with Crippen molar-refractivity contribution in [1.82, 2.24) is 0 Å². The molecule has 2 aromatic rings. The van der Waals surface area contributed by atoms with E-state index in [0.29, 0.717) is 17.6 Å². The third kappa shape index (κ3) is 4.51. The SMILES string of the molecule is CC[C@H](c1ccc(OCC(N)=O)cc1)[C@@H](CC)c1ccc(O)cc1. The lowest BCUT2D eigenvalue weighted by Crippen LogP contribution is -2.20. The standard InChI is InChI=1S/C20H25NO3/c1-3-18(14-5-9-16(22)10-6-14)19(4-2)15-7-11-17(12-8-15)24-13-20(21)23/h5-12,18-19,22H,3-4,13H2,1-2H3,(H2,21,23)/t18-,19+/m0/s1. The van der Waals surface area contributed by atoms with E-state index in [1.165, 1.54) is 11.1 Å². The maximum Gasteiger partial charge on any atom is 0.255 e. The number of carbonyl (C=O) groups is 1. The lowest BCUT2D eigenvalue weighted by molar-refractivity contribution is -0.119. The number of ether oxygens (including phenoxy) is 1. The molecule has 0 saturated carbocycles. The van der Waals surface area contributed by atoms with Gasteiger partial charge in [0.1, 0.15) is 11.5 Å². The molecular formula is C20H25NO3. The Hall–Kier alpha value is -2.49. The van der Waals surface area contributed by atoms with Crippen molar-refractivity contribution in [3.05, 3.63) is 59.7 Å². The zero-order valence-corrected chi connectivity index (χ0v) is 14.2. The van der Waals surface area contributed by atoms with Crippen LogP contribution in [-0.4, -0.2) is 17.6 Å². The first-order valence-corrected chi connectivity index (χ1v) is 8.35. The maximum absolute atomic E-state index is 10.8. The van der Waals surface area contributed by atoms with Crippen LogP contribution in [0.5, 0.6) is 11.5 Å². The molecule has 0 aromatic heterocycles. The van der Waals surface area contributed by atoms with Gasteiger partial charge in [0.2, 0.25) is 0 Å². The van der Waals surface area contributed by atoms with Crippen LogP contribution in [0.25, 0.3) is 0 Å². The summed E-state index contributed by atoms with van der Waals surface area (Å²) in [5.41, 5.74) is 7.56. The summed E-state index contributed by atoms with van der Waals surface area (Å²) in [6, 6.07) is 15.3. The summed E-state index contributed by atoms with van der Waals surface area (Å²) in [5, 5.41) is 9.50. The van der Waals surface area contributed by atoms with Gasteiger partial charge in [-0.25, -0.2) is 0 Å². The summed E-state index contributed by atoms with van der Waals surface area (Å²) >= 11 is 0. The number of phenols is 1. The molecule has 24 heavy (non-hydrogen) atoms. The number of nitrogens with two attached hydrogens (primary N) is 1. The van der Waals surface area contributed by atoms with Gasteiger partial charge in [0.15, 0.2) is 6.61 Å². The Labute approximate surface area is 143 Å². The highest BCUT2D eigenvalue weighted by atomic mass is 16.5. The molecule has 4 heteroatoms. The fraction of sp³-hybridized carbons (Fsp3) is 0.350. The number of carbonyl (C=O) groups excluding carboxylic acids is 1. The van der Waals surface area contributed by atoms with E-state index in [0.717, 1.165) is 12.8 Å². The zero-order valence-electron chi connectivity index (χ0n) is 14.2. The van der Waals surface area contributed by atoms with Gasteiger partial charge < -0.3 is 15.6 Å². The Morgan fingerprint density at radius 3 is 1.83 bits per heavy atom. The highest BCUT2D eigenvalue weighted by Crippen LogP contribution is 2.38. The third-order valence-corrected chi connectivity index (χ3v) is 4.38. The molecule has 0 bridgehead atoms. The quantitative estimate of drug-likeness (QED) is 0.771.